The van der Waals surface area contributed by atoms with Gasteiger partial charge in [-0.05, 0) is 56.3 Å². The van der Waals surface area contributed by atoms with Gasteiger partial charge in [0.25, 0.3) is 0 Å². The molecule has 3 heteroatoms. The zero-order valence-electron chi connectivity index (χ0n) is 10.2. The van der Waals surface area contributed by atoms with Crippen LogP contribution in [-0.4, -0.2) is 17.8 Å². The van der Waals surface area contributed by atoms with Gasteiger partial charge in [-0.25, -0.2) is 0 Å². The van der Waals surface area contributed by atoms with Gasteiger partial charge in [0.15, 0.2) is 0 Å². The number of halogens is 1. The number of benzene rings is 1. The van der Waals surface area contributed by atoms with Gasteiger partial charge in [-0.1, -0.05) is 28.1 Å². The van der Waals surface area contributed by atoms with Crippen LogP contribution in [0.3, 0.4) is 0 Å². The van der Waals surface area contributed by atoms with E-state index in [9.17, 15) is 5.11 Å². The highest BCUT2D eigenvalue weighted by molar-refractivity contribution is 9.10. The van der Waals surface area contributed by atoms with Crippen molar-refractivity contribution in [2.24, 2.45) is 5.92 Å². The Hall–Kier alpha value is -0.380. The van der Waals surface area contributed by atoms with E-state index in [1.807, 2.05) is 6.07 Å². The maximum absolute atomic E-state index is 9.48. The third-order valence-corrected chi connectivity index (χ3v) is 4.07. The molecule has 0 heterocycles. The van der Waals surface area contributed by atoms with Crippen LogP contribution in [0.25, 0.3) is 0 Å². The van der Waals surface area contributed by atoms with Crippen molar-refractivity contribution in [1.82, 2.24) is 5.32 Å². The maximum atomic E-state index is 9.48. The smallest absolute Gasteiger partial charge is 0.0543 e. The lowest BCUT2D eigenvalue weighted by molar-refractivity contribution is 0.177. The minimum atomic E-state index is -0.0667. The average molecular weight is 298 g/mol. The third-order valence-electron chi connectivity index (χ3n) is 3.57. The van der Waals surface area contributed by atoms with Crippen LogP contribution in [0.15, 0.2) is 28.7 Å². The van der Waals surface area contributed by atoms with Crippen molar-refractivity contribution < 1.29 is 5.11 Å². The average Bonchev–Trinajstić information content (AvgIpc) is 2.72. The second kappa shape index (κ2) is 5.98. The summed E-state index contributed by atoms with van der Waals surface area (Å²) in [6.07, 6.45) is 3.01. The molecular formula is C14H20BrNO. The van der Waals surface area contributed by atoms with Crippen LogP contribution < -0.4 is 5.32 Å². The van der Waals surface area contributed by atoms with Crippen molar-refractivity contribution in [2.45, 2.75) is 38.3 Å². The first-order valence-electron chi connectivity index (χ1n) is 6.32. The molecule has 0 saturated heterocycles. The molecule has 1 fully saturated rings. The van der Waals surface area contributed by atoms with Crippen molar-refractivity contribution in [3.05, 3.63) is 34.3 Å². The molecule has 0 aliphatic heterocycles. The molecular weight excluding hydrogens is 278 g/mol. The summed E-state index contributed by atoms with van der Waals surface area (Å²) < 4.78 is 1.12. The summed E-state index contributed by atoms with van der Waals surface area (Å²) in [7, 11) is 0. The highest BCUT2D eigenvalue weighted by atomic mass is 79.9. The number of aliphatic hydroxyl groups excluding tert-OH is 1. The van der Waals surface area contributed by atoms with Gasteiger partial charge >= 0.3 is 0 Å². The van der Waals surface area contributed by atoms with Crippen LogP contribution >= 0.6 is 15.9 Å². The minimum absolute atomic E-state index is 0.0667. The molecule has 1 saturated carbocycles. The monoisotopic (exact) mass is 297 g/mol. The van der Waals surface area contributed by atoms with E-state index in [0.717, 1.165) is 30.3 Å². The van der Waals surface area contributed by atoms with E-state index in [4.69, 9.17) is 0 Å². The highest BCUT2D eigenvalue weighted by Gasteiger charge is 2.22. The lowest BCUT2D eigenvalue weighted by Gasteiger charge is -2.17. The molecule has 0 aromatic heterocycles. The molecule has 17 heavy (non-hydrogen) atoms. The van der Waals surface area contributed by atoms with Crippen LogP contribution in [0.5, 0.6) is 0 Å². The number of hydrogen-bond acceptors (Lipinski definition) is 2. The van der Waals surface area contributed by atoms with Crippen molar-refractivity contribution in [3.63, 3.8) is 0 Å². The molecule has 94 valence electrons. The minimum Gasteiger partial charge on any atom is -0.393 e. The first-order valence-corrected chi connectivity index (χ1v) is 7.11. The van der Waals surface area contributed by atoms with Crippen molar-refractivity contribution in [3.8, 4) is 0 Å². The molecule has 2 rings (SSSR count). The molecule has 0 bridgehead atoms. The van der Waals surface area contributed by atoms with Crippen LogP contribution in [0.4, 0.5) is 0 Å². The lowest BCUT2D eigenvalue weighted by atomic mass is 10.1. The molecule has 0 amide bonds. The van der Waals surface area contributed by atoms with Gasteiger partial charge in [-0.2, -0.15) is 0 Å². The Balaban J connectivity index is 1.83. The topological polar surface area (TPSA) is 32.3 Å². The van der Waals surface area contributed by atoms with Crippen molar-refractivity contribution >= 4 is 15.9 Å². The number of aliphatic hydroxyl groups is 1. The van der Waals surface area contributed by atoms with Crippen LogP contribution in [0, 0.1) is 5.92 Å². The maximum Gasteiger partial charge on any atom is 0.0543 e. The Labute approximate surface area is 112 Å². The van der Waals surface area contributed by atoms with E-state index in [0.29, 0.717) is 12.0 Å². The molecule has 0 spiro atoms. The van der Waals surface area contributed by atoms with E-state index in [1.54, 1.807) is 0 Å². The van der Waals surface area contributed by atoms with E-state index >= 15 is 0 Å². The van der Waals surface area contributed by atoms with Gasteiger partial charge in [-0.3, -0.25) is 0 Å². The van der Waals surface area contributed by atoms with Crippen LogP contribution in [0.2, 0.25) is 0 Å². The highest BCUT2D eigenvalue weighted by Crippen LogP contribution is 2.25. The van der Waals surface area contributed by atoms with Gasteiger partial charge in [0.2, 0.25) is 0 Å². The van der Waals surface area contributed by atoms with E-state index in [1.165, 1.54) is 5.56 Å². The fourth-order valence-corrected chi connectivity index (χ4v) is 2.89. The Bertz CT molecular complexity index is 369. The lowest BCUT2D eigenvalue weighted by Crippen LogP contribution is -2.25. The predicted octanol–water partition coefficient (Wildman–Crippen LogP) is 3.26. The van der Waals surface area contributed by atoms with E-state index < -0.39 is 0 Å². The molecule has 2 N–H and O–H groups in total. The fraction of sp³-hybridized carbons (Fsp3) is 0.571. The molecule has 1 aliphatic rings. The van der Waals surface area contributed by atoms with Gasteiger partial charge in [0.1, 0.15) is 0 Å². The van der Waals surface area contributed by atoms with E-state index in [-0.39, 0.29) is 6.10 Å². The van der Waals surface area contributed by atoms with Gasteiger partial charge in [0, 0.05) is 10.5 Å². The zero-order valence-corrected chi connectivity index (χ0v) is 11.8. The summed E-state index contributed by atoms with van der Waals surface area (Å²) in [5, 5.41) is 13.0. The first kappa shape index (κ1) is 13.1. The van der Waals surface area contributed by atoms with Crippen LogP contribution in [0.1, 0.15) is 37.8 Å². The molecule has 0 radical (unpaired) electrons. The largest absolute Gasteiger partial charge is 0.393 e. The van der Waals surface area contributed by atoms with Crippen molar-refractivity contribution in [1.29, 1.82) is 0 Å². The summed E-state index contributed by atoms with van der Waals surface area (Å²) in [5.74, 6) is 0.639. The molecule has 1 aromatic carbocycles. The second-order valence-corrected chi connectivity index (χ2v) is 5.93. The number of rotatable bonds is 4. The zero-order chi connectivity index (χ0) is 12.3. The van der Waals surface area contributed by atoms with Gasteiger partial charge < -0.3 is 10.4 Å². The Morgan fingerprint density at radius 3 is 2.94 bits per heavy atom. The van der Waals surface area contributed by atoms with Gasteiger partial charge in [0.05, 0.1) is 6.10 Å². The number of hydrogen-bond donors (Lipinski definition) is 2. The van der Waals surface area contributed by atoms with Crippen molar-refractivity contribution in [2.75, 3.05) is 6.54 Å². The predicted molar refractivity (Wildman–Crippen MR) is 73.9 cm³/mol. The Kier molecular flexibility index (Phi) is 4.60. The summed E-state index contributed by atoms with van der Waals surface area (Å²) in [6, 6.07) is 8.78. The number of nitrogens with one attached hydrogen (secondary N) is 1. The second-order valence-electron chi connectivity index (χ2n) is 5.02. The quantitative estimate of drug-likeness (QED) is 0.894. The third kappa shape index (κ3) is 3.80. The Morgan fingerprint density at radius 1 is 1.47 bits per heavy atom. The molecule has 1 aliphatic carbocycles. The van der Waals surface area contributed by atoms with Gasteiger partial charge in [-0.15, -0.1) is 0 Å². The summed E-state index contributed by atoms with van der Waals surface area (Å²) in [6.45, 7) is 3.19. The Morgan fingerprint density at radius 2 is 2.29 bits per heavy atom. The summed E-state index contributed by atoms with van der Waals surface area (Å²) in [4.78, 5) is 0. The molecule has 1 aromatic rings. The SMILES string of the molecule is CC(NCC1CCC(O)C1)c1cccc(Br)c1. The standard InChI is InChI=1S/C14H20BrNO/c1-10(12-3-2-4-13(15)8-12)16-9-11-5-6-14(17)7-11/h2-4,8,10-11,14,16-17H,5-7,9H2,1H3. The first-order chi connectivity index (χ1) is 8.15. The summed E-state index contributed by atoms with van der Waals surface area (Å²) >= 11 is 3.49. The summed E-state index contributed by atoms with van der Waals surface area (Å²) in [5.41, 5.74) is 1.30. The fourth-order valence-electron chi connectivity index (χ4n) is 2.47. The molecule has 3 unspecified atom stereocenters. The molecule has 3 atom stereocenters. The normalized spacial score (nSPS) is 26.1. The molecule has 2 nitrogen and oxygen atoms in total. The van der Waals surface area contributed by atoms with Crippen LogP contribution in [-0.2, 0) is 0 Å². The van der Waals surface area contributed by atoms with E-state index in [2.05, 4.69) is 46.4 Å².